The molecular weight excluding hydrogens is 470 g/mol. The van der Waals surface area contributed by atoms with Crippen LogP contribution in [0.15, 0.2) is 83.8 Å². The van der Waals surface area contributed by atoms with Crippen LogP contribution in [-0.2, 0) is 16.6 Å². The van der Waals surface area contributed by atoms with Crippen LogP contribution in [0.1, 0.15) is 34.5 Å². The van der Waals surface area contributed by atoms with Crippen LogP contribution in [0.3, 0.4) is 0 Å². The summed E-state index contributed by atoms with van der Waals surface area (Å²) in [5.74, 6) is -0.350. The van der Waals surface area contributed by atoms with E-state index in [0.29, 0.717) is 36.8 Å². The molecule has 0 aliphatic carbocycles. The third-order valence-corrected chi connectivity index (χ3v) is 8.27. The van der Waals surface area contributed by atoms with Gasteiger partial charge >= 0.3 is 0 Å². The van der Waals surface area contributed by atoms with E-state index in [0.717, 1.165) is 12.1 Å². The van der Waals surface area contributed by atoms with Gasteiger partial charge in [0.15, 0.2) is 0 Å². The first kappa shape index (κ1) is 24.4. The Hall–Kier alpha value is -2.71. The Bertz CT molecular complexity index is 1240. The van der Waals surface area contributed by atoms with Crippen molar-refractivity contribution in [3.05, 3.63) is 101 Å². The Morgan fingerprint density at radius 1 is 0.941 bits per heavy atom. The van der Waals surface area contributed by atoms with Crippen molar-refractivity contribution in [2.24, 2.45) is 0 Å². The Balaban J connectivity index is 1.41. The standard InChI is InChI=1S/C26H28ClN3O3S/c1-20(24-12-5-6-13-25(24)27)28-26(31)22-10-7-11-23(18-22)34(32,33)30-16-14-29(15-17-30)19-21-8-3-2-4-9-21/h2-13,18,20H,14-17,19H2,1H3,(H,28,31)/t20-/m1/s1. The Morgan fingerprint density at radius 3 is 2.32 bits per heavy atom. The second kappa shape index (κ2) is 10.7. The molecule has 1 fully saturated rings. The predicted octanol–water partition coefficient (Wildman–Crippen LogP) is 4.34. The van der Waals surface area contributed by atoms with E-state index in [1.54, 1.807) is 24.3 Å². The van der Waals surface area contributed by atoms with Crippen LogP contribution in [0.4, 0.5) is 0 Å². The van der Waals surface area contributed by atoms with Crippen LogP contribution in [0.2, 0.25) is 5.02 Å². The van der Waals surface area contributed by atoms with E-state index in [2.05, 4.69) is 22.3 Å². The summed E-state index contributed by atoms with van der Waals surface area (Å²) in [6.45, 7) is 4.78. The maximum absolute atomic E-state index is 13.3. The molecule has 3 aromatic carbocycles. The van der Waals surface area contributed by atoms with Crippen LogP contribution in [0.25, 0.3) is 0 Å². The number of hydrogen-bond donors (Lipinski definition) is 1. The number of carbonyl (C=O) groups is 1. The van der Waals surface area contributed by atoms with Crippen LogP contribution < -0.4 is 5.32 Å². The predicted molar refractivity (Wildman–Crippen MR) is 134 cm³/mol. The van der Waals surface area contributed by atoms with E-state index in [1.807, 2.05) is 43.3 Å². The summed E-state index contributed by atoms with van der Waals surface area (Å²) in [6.07, 6.45) is 0. The van der Waals surface area contributed by atoms with Gasteiger partial charge in [-0.15, -0.1) is 0 Å². The highest BCUT2D eigenvalue weighted by molar-refractivity contribution is 7.89. The number of amides is 1. The fraction of sp³-hybridized carbons (Fsp3) is 0.269. The Kier molecular flexibility index (Phi) is 7.68. The lowest BCUT2D eigenvalue weighted by molar-refractivity contribution is 0.0939. The van der Waals surface area contributed by atoms with E-state index in [-0.39, 0.29) is 16.8 Å². The van der Waals surface area contributed by atoms with Crippen molar-refractivity contribution in [3.8, 4) is 0 Å². The molecule has 1 atom stereocenters. The molecule has 0 saturated carbocycles. The molecule has 34 heavy (non-hydrogen) atoms. The first-order chi connectivity index (χ1) is 16.3. The molecule has 3 aromatic rings. The van der Waals surface area contributed by atoms with Gasteiger partial charge in [0, 0.05) is 43.3 Å². The number of rotatable bonds is 7. The molecule has 1 saturated heterocycles. The van der Waals surface area contributed by atoms with Crippen molar-refractivity contribution in [2.45, 2.75) is 24.4 Å². The maximum atomic E-state index is 13.3. The topological polar surface area (TPSA) is 69.7 Å². The van der Waals surface area contributed by atoms with Gasteiger partial charge in [-0.1, -0.05) is 66.2 Å². The summed E-state index contributed by atoms with van der Waals surface area (Å²) in [4.78, 5) is 15.2. The summed E-state index contributed by atoms with van der Waals surface area (Å²) in [7, 11) is -3.70. The summed E-state index contributed by atoms with van der Waals surface area (Å²) >= 11 is 6.24. The molecule has 8 heteroatoms. The first-order valence-corrected chi connectivity index (χ1v) is 13.1. The number of piperazine rings is 1. The zero-order chi connectivity index (χ0) is 24.1. The molecule has 0 bridgehead atoms. The van der Waals surface area contributed by atoms with Crippen molar-refractivity contribution in [1.82, 2.24) is 14.5 Å². The number of hydrogen-bond acceptors (Lipinski definition) is 4. The van der Waals surface area contributed by atoms with Gasteiger partial charge < -0.3 is 5.32 Å². The van der Waals surface area contributed by atoms with Crippen LogP contribution >= 0.6 is 11.6 Å². The van der Waals surface area contributed by atoms with Crippen molar-refractivity contribution in [1.29, 1.82) is 0 Å². The zero-order valence-electron chi connectivity index (χ0n) is 19.0. The van der Waals surface area contributed by atoms with Crippen LogP contribution in [0.5, 0.6) is 0 Å². The number of nitrogens with zero attached hydrogens (tertiary/aromatic N) is 2. The lowest BCUT2D eigenvalue weighted by Crippen LogP contribution is -2.48. The van der Waals surface area contributed by atoms with Crippen LogP contribution in [0, 0.1) is 0 Å². The summed E-state index contributed by atoms with van der Waals surface area (Å²) in [6, 6.07) is 23.4. The molecule has 178 valence electrons. The van der Waals surface area contributed by atoms with Crippen molar-refractivity contribution < 1.29 is 13.2 Å². The number of halogens is 1. The number of benzene rings is 3. The summed E-state index contributed by atoms with van der Waals surface area (Å²) < 4.78 is 28.0. The monoisotopic (exact) mass is 497 g/mol. The number of sulfonamides is 1. The van der Waals surface area contributed by atoms with E-state index >= 15 is 0 Å². The lowest BCUT2D eigenvalue weighted by atomic mass is 10.1. The lowest BCUT2D eigenvalue weighted by Gasteiger charge is -2.34. The smallest absolute Gasteiger partial charge is 0.251 e. The highest BCUT2D eigenvalue weighted by atomic mass is 35.5. The highest BCUT2D eigenvalue weighted by Gasteiger charge is 2.29. The molecule has 1 aliphatic heterocycles. The fourth-order valence-corrected chi connectivity index (χ4v) is 5.87. The number of nitrogens with one attached hydrogen (secondary N) is 1. The molecule has 1 N–H and O–H groups in total. The molecular formula is C26H28ClN3O3S. The van der Waals surface area contributed by atoms with Gasteiger partial charge in [-0.25, -0.2) is 8.42 Å². The fourth-order valence-electron chi connectivity index (χ4n) is 4.10. The molecule has 1 amide bonds. The third kappa shape index (κ3) is 5.67. The van der Waals surface area contributed by atoms with Crippen molar-refractivity contribution in [2.75, 3.05) is 26.2 Å². The average Bonchev–Trinajstić information content (AvgIpc) is 2.85. The Morgan fingerprint density at radius 2 is 1.62 bits per heavy atom. The largest absolute Gasteiger partial charge is 0.345 e. The van der Waals surface area contributed by atoms with E-state index in [4.69, 9.17) is 11.6 Å². The second-order valence-electron chi connectivity index (χ2n) is 8.41. The number of carbonyl (C=O) groups excluding carboxylic acids is 1. The highest BCUT2D eigenvalue weighted by Crippen LogP contribution is 2.23. The van der Waals surface area contributed by atoms with Gasteiger partial charge in [0.05, 0.1) is 10.9 Å². The zero-order valence-corrected chi connectivity index (χ0v) is 20.6. The molecule has 1 aliphatic rings. The SMILES string of the molecule is C[C@@H](NC(=O)c1cccc(S(=O)(=O)N2CCN(Cc3ccccc3)CC2)c1)c1ccccc1Cl. The minimum atomic E-state index is -3.70. The van der Waals surface area contributed by atoms with Crippen LogP contribution in [-0.4, -0.2) is 49.7 Å². The van der Waals surface area contributed by atoms with Crippen molar-refractivity contribution >= 4 is 27.5 Å². The maximum Gasteiger partial charge on any atom is 0.251 e. The molecule has 0 unspecified atom stereocenters. The third-order valence-electron chi connectivity index (χ3n) is 6.03. The van der Waals surface area contributed by atoms with Gasteiger partial charge in [-0.05, 0) is 42.3 Å². The van der Waals surface area contributed by atoms with E-state index < -0.39 is 10.0 Å². The van der Waals surface area contributed by atoms with Gasteiger partial charge in [-0.2, -0.15) is 4.31 Å². The second-order valence-corrected chi connectivity index (χ2v) is 10.8. The average molecular weight is 498 g/mol. The van der Waals surface area contributed by atoms with E-state index in [1.165, 1.54) is 15.9 Å². The summed E-state index contributed by atoms with van der Waals surface area (Å²) in [5.41, 5.74) is 2.31. The molecule has 4 rings (SSSR count). The van der Waals surface area contributed by atoms with Gasteiger partial charge in [-0.3, -0.25) is 9.69 Å². The minimum absolute atomic E-state index is 0.127. The molecule has 0 radical (unpaired) electrons. The molecule has 6 nitrogen and oxygen atoms in total. The van der Waals surface area contributed by atoms with Gasteiger partial charge in [0.25, 0.3) is 5.91 Å². The summed E-state index contributed by atoms with van der Waals surface area (Å²) in [5, 5.41) is 3.47. The molecule has 0 aromatic heterocycles. The quantitative estimate of drug-likeness (QED) is 0.527. The van der Waals surface area contributed by atoms with E-state index in [9.17, 15) is 13.2 Å². The first-order valence-electron chi connectivity index (χ1n) is 11.3. The molecule has 0 spiro atoms. The normalized spacial score (nSPS) is 16.2. The Labute approximate surface area is 206 Å². The van der Waals surface area contributed by atoms with Gasteiger partial charge in [0.2, 0.25) is 10.0 Å². The minimum Gasteiger partial charge on any atom is -0.345 e. The van der Waals surface area contributed by atoms with Crippen molar-refractivity contribution in [3.63, 3.8) is 0 Å². The molecule has 1 heterocycles. The van der Waals surface area contributed by atoms with Gasteiger partial charge in [0.1, 0.15) is 0 Å².